The molecule has 5 heteroatoms. The van der Waals surface area contributed by atoms with Crippen molar-refractivity contribution in [3.63, 3.8) is 0 Å². The molecule has 144 valence electrons. The Morgan fingerprint density at radius 3 is 2.26 bits per heavy atom. The van der Waals surface area contributed by atoms with E-state index in [1.165, 1.54) is 0 Å². The standard InChI is InChI=1S/C22H27ClN2O2/c1-15(20(24)16-5-3-2-4-6-16)22(27)25-13-11-18(12-14-25)21(26)17-7-9-19(23)10-8-17/h2-10,15,18,20-21,26H,11-14,24H2,1H3. The van der Waals surface area contributed by atoms with Gasteiger partial charge < -0.3 is 15.7 Å². The van der Waals surface area contributed by atoms with Crippen molar-refractivity contribution in [2.45, 2.75) is 31.9 Å². The fraction of sp³-hybridized carbons (Fsp3) is 0.409. The van der Waals surface area contributed by atoms with Crippen molar-refractivity contribution in [3.8, 4) is 0 Å². The lowest BCUT2D eigenvalue weighted by atomic mass is 9.86. The molecule has 0 saturated carbocycles. The number of hydrogen-bond acceptors (Lipinski definition) is 3. The highest BCUT2D eigenvalue weighted by Crippen LogP contribution is 2.32. The molecule has 27 heavy (non-hydrogen) atoms. The number of nitrogens with zero attached hydrogens (tertiary/aromatic N) is 1. The van der Waals surface area contributed by atoms with Gasteiger partial charge in [0.2, 0.25) is 5.91 Å². The van der Waals surface area contributed by atoms with E-state index >= 15 is 0 Å². The van der Waals surface area contributed by atoms with E-state index in [0.29, 0.717) is 18.1 Å². The molecule has 3 unspecified atom stereocenters. The number of likely N-dealkylation sites (tertiary alicyclic amines) is 1. The van der Waals surface area contributed by atoms with E-state index in [1.54, 1.807) is 12.1 Å². The fourth-order valence-corrected chi connectivity index (χ4v) is 3.90. The molecule has 1 heterocycles. The molecular formula is C22H27ClN2O2. The molecule has 1 amide bonds. The van der Waals surface area contributed by atoms with E-state index in [9.17, 15) is 9.90 Å². The average Bonchev–Trinajstić information content (AvgIpc) is 2.73. The number of carbonyl (C=O) groups is 1. The van der Waals surface area contributed by atoms with Crippen molar-refractivity contribution in [3.05, 3.63) is 70.7 Å². The van der Waals surface area contributed by atoms with Crippen LogP contribution in [0.1, 0.15) is 43.0 Å². The van der Waals surface area contributed by atoms with Crippen LogP contribution in [0.4, 0.5) is 0 Å². The first kappa shape index (κ1) is 19.9. The second-order valence-corrected chi connectivity index (χ2v) is 7.82. The lowest BCUT2D eigenvalue weighted by Gasteiger charge is -2.36. The van der Waals surface area contributed by atoms with Crippen LogP contribution in [-0.4, -0.2) is 29.0 Å². The van der Waals surface area contributed by atoms with Gasteiger partial charge in [0, 0.05) is 24.2 Å². The van der Waals surface area contributed by atoms with E-state index < -0.39 is 6.10 Å². The minimum atomic E-state index is -0.525. The van der Waals surface area contributed by atoms with Gasteiger partial charge in [0.25, 0.3) is 0 Å². The zero-order chi connectivity index (χ0) is 19.4. The Kier molecular flexibility index (Phi) is 6.53. The van der Waals surface area contributed by atoms with Gasteiger partial charge in [-0.05, 0) is 42.0 Å². The van der Waals surface area contributed by atoms with Crippen molar-refractivity contribution in [1.82, 2.24) is 4.90 Å². The van der Waals surface area contributed by atoms with Crippen LogP contribution in [0.2, 0.25) is 5.02 Å². The second-order valence-electron chi connectivity index (χ2n) is 7.38. The number of amides is 1. The Bertz CT molecular complexity index is 743. The maximum Gasteiger partial charge on any atom is 0.227 e. The molecular weight excluding hydrogens is 360 g/mol. The van der Waals surface area contributed by atoms with Crippen LogP contribution in [0.3, 0.4) is 0 Å². The van der Waals surface area contributed by atoms with Crippen molar-refractivity contribution in [2.75, 3.05) is 13.1 Å². The minimum Gasteiger partial charge on any atom is -0.388 e. The molecule has 3 atom stereocenters. The zero-order valence-corrected chi connectivity index (χ0v) is 16.3. The molecule has 2 aromatic rings. The Morgan fingerprint density at radius 2 is 1.67 bits per heavy atom. The normalized spacial score (nSPS) is 18.7. The molecule has 2 aromatic carbocycles. The molecule has 0 bridgehead atoms. The van der Waals surface area contributed by atoms with E-state index in [0.717, 1.165) is 24.0 Å². The first-order valence-corrected chi connectivity index (χ1v) is 9.88. The molecule has 1 fully saturated rings. The van der Waals surface area contributed by atoms with Gasteiger partial charge in [-0.15, -0.1) is 0 Å². The van der Waals surface area contributed by atoms with Crippen LogP contribution in [0.15, 0.2) is 54.6 Å². The van der Waals surface area contributed by atoms with Crippen LogP contribution in [0, 0.1) is 11.8 Å². The second kappa shape index (κ2) is 8.87. The van der Waals surface area contributed by atoms with Crippen molar-refractivity contribution in [1.29, 1.82) is 0 Å². The van der Waals surface area contributed by atoms with Gasteiger partial charge >= 0.3 is 0 Å². The van der Waals surface area contributed by atoms with Crippen molar-refractivity contribution >= 4 is 17.5 Å². The number of aliphatic hydroxyl groups is 1. The maximum absolute atomic E-state index is 12.9. The molecule has 0 aliphatic carbocycles. The number of aliphatic hydroxyl groups excluding tert-OH is 1. The van der Waals surface area contributed by atoms with E-state index in [-0.39, 0.29) is 23.8 Å². The number of hydrogen-bond donors (Lipinski definition) is 2. The van der Waals surface area contributed by atoms with E-state index in [1.807, 2.05) is 54.3 Å². The summed E-state index contributed by atoms with van der Waals surface area (Å²) in [6, 6.07) is 16.8. The molecule has 1 aliphatic heterocycles. The van der Waals surface area contributed by atoms with E-state index in [4.69, 9.17) is 17.3 Å². The third-order valence-electron chi connectivity index (χ3n) is 5.62. The highest BCUT2D eigenvalue weighted by Gasteiger charge is 2.32. The lowest BCUT2D eigenvalue weighted by molar-refractivity contribution is -0.137. The summed E-state index contributed by atoms with van der Waals surface area (Å²) in [6.45, 7) is 3.20. The average molecular weight is 387 g/mol. The predicted octanol–water partition coefficient (Wildman–Crippen LogP) is 3.95. The molecule has 0 aromatic heterocycles. The third-order valence-corrected chi connectivity index (χ3v) is 5.87. The van der Waals surface area contributed by atoms with Gasteiger partial charge in [0.05, 0.1) is 12.0 Å². The summed E-state index contributed by atoms with van der Waals surface area (Å²) in [5.41, 5.74) is 8.17. The van der Waals surface area contributed by atoms with E-state index in [2.05, 4.69) is 0 Å². The highest BCUT2D eigenvalue weighted by molar-refractivity contribution is 6.30. The number of benzene rings is 2. The summed E-state index contributed by atoms with van der Waals surface area (Å²) in [5.74, 6) is -0.0377. The lowest BCUT2D eigenvalue weighted by Crippen LogP contribution is -2.44. The van der Waals surface area contributed by atoms with Gasteiger partial charge in [0.1, 0.15) is 0 Å². The quantitative estimate of drug-likeness (QED) is 0.817. The summed E-state index contributed by atoms with van der Waals surface area (Å²) >= 11 is 5.92. The van der Waals surface area contributed by atoms with Crippen molar-refractivity contribution in [2.24, 2.45) is 17.6 Å². The third kappa shape index (κ3) is 4.70. The molecule has 1 saturated heterocycles. The van der Waals surface area contributed by atoms with Gasteiger partial charge in [-0.1, -0.05) is 61.0 Å². The summed E-state index contributed by atoms with van der Waals surface area (Å²) in [7, 11) is 0. The number of halogens is 1. The summed E-state index contributed by atoms with van der Waals surface area (Å²) in [6.07, 6.45) is 1.04. The molecule has 0 radical (unpaired) electrons. The molecule has 3 N–H and O–H groups in total. The molecule has 1 aliphatic rings. The highest BCUT2D eigenvalue weighted by atomic mass is 35.5. The fourth-order valence-electron chi connectivity index (χ4n) is 3.77. The predicted molar refractivity (Wildman–Crippen MR) is 108 cm³/mol. The van der Waals surface area contributed by atoms with Crippen LogP contribution in [0.25, 0.3) is 0 Å². The van der Waals surface area contributed by atoms with Crippen LogP contribution >= 0.6 is 11.6 Å². The van der Waals surface area contributed by atoms with Crippen LogP contribution in [0.5, 0.6) is 0 Å². The zero-order valence-electron chi connectivity index (χ0n) is 15.6. The Hall–Kier alpha value is -1.88. The van der Waals surface area contributed by atoms with Crippen LogP contribution in [-0.2, 0) is 4.79 Å². The topological polar surface area (TPSA) is 66.6 Å². The van der Waals surface area contributed by atoms with Gasteiger partial charge in [-0.2, -0.15) is 0 Å². The number of nitrogens with two attached hydrogens (primary N) is 1. The van der Waals surface area contributed by atoms with Gasteiger partial charge in [0.15, 0.2) is 0 Å². The number of rotatable bonds is 5. The summed E-state index contributed by atoms with van der Waals surface area (Å²) in [5, 5.41) is 11.3. The SMILES string of the molecule is CC(C(=O)N1CCC(C(O)c2ccc(Cl)cc2)CC1)C(N)c1ccccc1. The Balaban J connectivity index is 1.56. The number of piperidine rings is 1. The maximum atomic E-state index is 12.9. The minimum absolute atomic E-state index is 0.0887. The van der Waals surface area contributed by atoms with Crippen molar-refractivity contribution < 1.29 is 9.90 Å². The Morgan fingerprint density at radius 1 is 1.07 bits per heavy atom. The summed E-state index contributed by atoms with van der Waals surface area (Å²) in [4.78, 5) is 14.8. The Labute approximate surface area is 165 Å². The largest absolute Gasteiger partial charge is 0.388 e. The number of carbonyl (C=O) groups excluding carboxylic acids is 1. The summed E-state index contributed by atoms with van der Waals surface area (Å²) < 4.78 is 0. The first-order chi connectivity index (χ1) is 13.0. The van der Waals surface area contributed by atoms with Gasteiger partial charge in [-0.25, -0.2) is 0 Å². The monoisotopic (exact) mass is 386 g/mol. The molecule has 0 spiro atoms. The molecule has 4 nitrogen and oxygen atoms in total. The first-order valence-electron chi connectivity index (χ1n) is 9.50. The van der Waals surface area contributed by atoms with Gasteiger partial charge in [-0.3, -0.25) is 4.79 Å². The molecule has 3 rings (SSSR count). The smallest absolute Gasteiger partial charge is 0.227 e. The van der Waals surface area contributed by atoms with Crippen LogP contribution < -0.4 is 5.73 Å².